The molecule has 0 atom stereocenters. The lowest BCUT2D eigenvalue weighted by atomic mass is 10.2. The molecule has 4 rings (SSSR count). The van der Waals surface area contributed by atoms with Crippen LogP contribution in [0.15, 0.2) is 47.1 Å². The Morgan fingerprint density at radius 1 is 1.12 bits per heavy atom. The lowest BCUT2D eigenvalue weighted by molar-refractivity contribution is 0.499. The van der Waals surface area contributed by atoms with Crippen LogP contribution in [0.3, 0.4) is 0 Å². The average molecular weight is 322 g/mol. The number of nitrogens with zero attached hydrogens (tertiary/aromatic N) is 4. The zero-order valence-corrected chi connectivity index (χ0v) is 14.1. The molecule has 0 bridgehead atoms. The highest BCUT2D eigenvalue weighted by Gasteiger charge is 2.29. The van der Waals surface area contributed by atoms with Gasteiger partial charge in [-0.05, 0) is 44.0 Å². The quantitative estimate of drug-likeness (QED) is 0.692. The van der Waals surface area contributed by atoms with E-state index in [0.29, 0.717) is 19.0 Å². The van der Waals surface area contributed by atoms with Crippen LogP contribution in [0.4, 0.5) is 5.69 Å². The minimum atomic E-state index is 0.606. The Labute approximate surface area is 141 Å². The number of anilines is 1. The second-order valence-corrected chi connectivity index (χ2v) is 6.58. The molecule has 24 heavy (non-hydrogen) atoms. The van der Waals surface area contributed by atoms with Crippen LogP contribution in [-0.2, 0) is 20.1 Å². The number of aryl methyl sites for hydroxylation is 1. The normalized spacial score (nSPS) is 14.1. The molecule has 0 amide bonds. The van der Waals surface area contributed by atoms with Crippen LogP contribution >= 0.6 is 0 Å². The van der Waals surface area contributed by atoms with Crippen molar-refractivity contribution in [1.29, 1.82) is 0 Å². The van der Waals surface area contributed by atoms with Crippen molar-refractivity contribution in [3.63, 3.8) is 0 Å². The van der Waals surface area contributed by atoms with Crippen molar-refractivity contribution in [1.82, 2.24) is 14.8 Å². The van der Waals surface area contributed by atoms with E-state index in [-0.39, 0.29) is 0 Å². The highest BCUT2D eigenvalue weighted by Crippen LogP contribution is 2.38. The van der Waals surface area contributed by atoms with E-state index in [4.69, 9.17) is 4.42 Å². The standard InChI is InChI=1S/C19H22N4O/c1-14-5-9-16(10-6-14)23(12-17-4-3-11-24-17)13-18-20-21-19(22(18)2)15-7-8-15/h3-6,9-11,15H,7-8,12-13H2,1-2H3. The molecule has 0 unspecified atom stereocenters. The first kappa shape index (κ1) is 15.0. The van der Waals surface area contributed by atoms with E-state index in [0.717, 1.165) is 23.1 Å². The zero-order valence-electron chi connectivity index (χ0n) is 14.1. The molecule has 1 fully saturated rings. The molecule has 2 heterocycles. The Morgan fingerprint density at radius 3 is 2.58 bits per heavy atom. The largest absolute Gasteiger partial charge is 0.467 e. The van der Waals surface area contributed by atoms with Crippen LogP contribution in [-0.4, -0.2) is 14.8 Å². The Bertz CT molecular complexity index is 801. The molecule has 0 N–H and O–H groups in total. The van der Waals surface area contributed by atoms with Gasteiger partial charge in [0.2, 0.25) is 0 Å². The van der Waals surface area contributed by atoms with Gasteiger partial charge in [-0.15, -0.1) is 10.2 Å². The van der Waals surface area contributed by atoms with E-state index in [1.54, 1.807) is 6.26 Å². The molecule has 1 aliphatic rings. The SMILES string of the molecule is Cc1ccc(N(Cc2ccco2)Cc2nnc(C3CC3)n2C)cc1. The predicted octanol–water partition coefficient (Wildman–Crippen LogP) is 3.80. The van der Waals surface area contributed by atoms with Gasteiger partial charge in [-0.3, -0.25) is 0 Å². The molecule has 0 spiro atoms. The molecule has 0 radical (unpaired) electrons. The average Bonchev–Trinajstić information content (AvgIpc) is 3.17. The molecule has 0 aliphatic heterocycles. The first-order chi connectivity index (χ1) is 11.7. The highest BCUT2D eigenvalue weighted by molar-refractivity contribution is 5.47. The molecular formula is C19H22N4O. The van der Waals surface area contributed by atoms with Gasteiger partial charge in [0.05, 0.1) is 19.4 Å². The molecule has 1 saturated carbocycles. The smallest absolute Gasteiger partial charge is 0.152 e. The highest BCUT2D eigenvalue weighted by atomic mass is 16.3. The van der Waals surface area contributed by atoms with Gasteiger partial charge < -0.3 is 13.9 Å². The maximum Gasteiger partial charge on any atom is 0.152 e. The van der Waals surface area contributed by atoms with Crippen molar-refractivity contribution in [3.8, 4) is 0 Å². The van der Waals surface area contributed by atoms with Crippen molar-refractivity contribution in [2.45, 2.75) is 38.8 Å². The van der Waals surface area contributed by atoms with Gasteiger partial charge >= 0.3 is 0 Å². The molecule has 2 aromatic heterocycles. The third-order valence-electron chi connectivity index (χ3n) is 4.60. The first-order valence-corrected chi connectivity index (χ1v) is 8.43. The monoisotopic (exact) mass is 322 g/mol. The van der Waals surface area contributed by atoms with Gasteiger partial charge in [-0.1, -0.05) is 17.7 Å². The van der Waals surface area contributed by atoms with Crippen LogP contribution in [0.2, 0.25) is 0 Å². The van der Waals surface area contributed by atoms with Crippen molar-refractivity contribution in [2.75, 3.05) is 4.90 Å². The van der Waals surface area contributed by atoms with Gasteiger partial charge in [0.1, 0.15) is 11.6 Å². The van der Waals surface area contributed by atoms with E-state index in [9.17, 15) is 0 Å². The number of aromatic nitrogens is 3. The van der Waals surface area contributed by atoms with Gasteiger partial charge in [-0.25, -0.2) is 0 Å². The molecule has 1 aliphatic carbocycles. The van der Waals surface area contributed by atoms with Gasteiger partial charge in [0.25, 0.3) is 0 Å². The maximum atomic E-state index is 5.55. The number of benzene rings is 1. The van der Waals surface area contributed by atoms with Crippen molar-refractivity contribution < 1.29 is 4.42 Å². The zero-order chi connectivity index (χ0) is 16.5. The van der Waals surface area contributed by atoms with Crippen LogP contribution in [0.1, 0.15) is 41.7 Å². The lowest BCUT2D eigenvalue weighted by Crippen LogP contribution is -2.24. The fraction of sp³-hybridized carbons (Fsp3) is 0.368. The molecule has 3 aromatic rings. The fourth-order valence-electron chi connectivity index (χ4n) is 2.97. The minimum absolute atomic E-state index is 0.606. The van der Waals surface area contributed by atoms with Gasteiger partial charge in [0.15, 0.2) is 5.82 Å². The summed E-state index contributed by atoms with van der Waals surface area (Å²) in [5.74, 6) is 3.66. The summed E-state index contributed by atoms with van der Waals surface area (Å²) in [4.78, 5) is 2.28. The van der Waals surface area contributed by atoms with Crippen molar-refractivity contribution >= 4 is 5.69 Å². The summed E-state index contributed by atoms with van der Waals surface area (Å²) in [5.41, 5.74) is 2.42. The van der Waals surface area contributed by atoms with E-state index < -0.39 is 0 Å². The Kier molecular flexibility index (Phi) is 3.84. The Morgan fingerprint density at radius 2 is 1.92 bits per heavy atom. The van der Waals surface area contributed by atoms with Crippen molar-refractivity contribution in [2.24, 2.45) is 7.05 Å². The first-order valence-electron chi connectivity index (χ1n) is 8.43. The Hall–Kier alpha value is -2.56. The number of hydrogen-bond donors (Lipinski definition) is 0. The molecule has 5 heteroatoms. The number of rotatable bonds is 6. The topological polar surface area (TPSA) is 47.1 Å². The lowest BCUT2D eigenvalue weighted by Gasteiger charge is -2.23. The van der Waals surface area contributed by atoms with Crippen LogP contribution in [0, 0.1) is 6.92 Å². The Balaban J connectivity index is 1.60. The second kappa shape index (κ2) is 6.15. The molecule has 5 nitrogen and oxygen atoms in total. The van der Waals surface area contributed by atoms with E-state index in [2.05, 4.69) is 57.9 Å². The maximum absolute atomic E-state index is 5.55. The summed E-state index contributed by atoms with van der Waals surface area (Å²) < 4.78 is 7.70. The summed E-state index contributed by atoms with van der Waals surface area (Å²) in [7, 11) is 2.07. The predicted molar refractivity (Wildman–Crippen MR) is 92.8 cm³/mol. The van der Waals surface area contributed by atoms with Gasteiger partial charge in [0, 0.05) is 18.7 Å². The number of hydrogen-bond acceptors (Lipinski definition) is 4. The third kappa shape index (κ3) is 3.07. The van der Waals surface area contributed by atoms with Crippen LogP contribution < -0.4 is 4.90 Å². The van der Waals surface area contributed by atoms with E-state index in [1.165, 1.54) is 18.4 Å². The van der Waals surface area contributed by atoms with E-state index in [1.807, 2.05) is 12.1 Å². The van der Waals surface area contributed by atoms with Gasteiger partial charge in [-0.2, -0.15) is 0 Å². The summed E-state index contributed by atoms with van der Waals surface area (Å²) in [6.07, 6.45) is 4.19. The summed E-state index contributed by atoms with van der Waals surface area (Å²) >= 11 is 0. The van der Waals surface area contributed by atoms with Crippen LogP contribution in [0.25, 0.3) is 0 Å². The number of furan rings is 1. The molecule has 0 saturated heterocycles. The molecular weight excluding hydrogens is 300 g/mol. The second-order valence-electron chi connectivity index (χ2n) is 6.58. The third-order valence-corrected chi connectivity index (χ3v) is 4.60. The van der Waals surface area contributed by atoms with Crippen molar-refractivity contribution in [3.05, 3.63) is 65.6 Å². The van der Waals surface area contributed by atoms with Crippen LogP contribution in [0.5, 0.6) is 0 Å². The summed E-state index contributed by atoms with van der Waals surface area (Å²) in [6.45, 7) is 3.52. The fourth-order valence-corrected chi connectivity index (χ4v) is 2.97. The molecule has 124 valence electrons. The minimum Gasteiger partial charge on any atom is -0.467 e. The van der Waals surface area contributed by atoms with E-state index >= 15 is 0 Å². The summed E-state index contributed by atoms with van der Waals surface area (Å²) in [6, 6.07) is 12.5. The molecule has 1 aromatic carbocycles. The summed E-state index contributed by atoms with van der Waals surface area (Å²) in [5, 5.41) is 8.83.